The van der Waals surface area contributed by atoms with Crippen molar-refractivity contribution in [2.45, 2.75) is 6.92 Å². The van der Waals surface area contributed by atoms with Crippen molar-refractivity contribution in [2.75, 3.05) is 23.8 Å². The molecule has 0 bridgehead atoms. The largest absolute Gasteiger partial charge is 0.494 e. The highest BCUT2D eigenvalue weighted by Gasteiger charge is 2.22. The maximum Gasteiger partial charge on any atom is 0.293 e. The average Bonchev–Trinajstić information content (AvgIpc) is 3.17. The van der Waals surface area contributed by atoms with Crippen molar-refractivity contribution in [1.82, 2.24) is 0 Å². The Balaban J connectivity index is 1.50. The summed E-state index contributed by atoms with van der Waals surface area (Å²) in [6.07, 6.45) is 0. The van der Waals surface area contributed by atoms with Crippen LogP contribution in [0.2, 0.25) is 0 Å². The third-order valence-electron chi connectivity index (χ3n) is 4.65. The van der Waals surface area contributed by atoms with Crippen molar-refractivity contribution in [3.63, 3.8) is 0 Å². The highest BCUT2D eigenvalue weighted by molar-refractivity contribution is 6.14. The van der Waals surface area contributed by atoms with Gasteiger partial charge in [-0.15, -0.1) is 0 Å². The molecule has 33 heavy (non-hydrogen) atoms. The van der Waals surface area contributed by atoms with Crippen LogP contribution in [0.5, 0.6) is 11.5 Å². The molecule has 2 amide bonds. The molecule has 7 nitrogen and oxygen atoms in total. The van der Waals surface area contributed by atoms with Gasteiger partial charge in [0.25, 0.3) is 11.8 Å². The minimum absolute atomic E-state index is 0.102. The van der Waals surface area contributed by atoms with E-state index in [1.54, 1.807) is 54.6 Å². The van der Waals surface area contributed by atoms with Crippen molar-refractivity contribution in [3.05, 3.63) is 84.4 Å². The van der Waals surface area contributed by atoms with Crippen LogP contribution in [-0.4, -0.2) is 25.0 Å². The van der Waals surface area contributed by atoms with Crippen molar-refractivity contribution in [1.29, 1.82) is 0 Å². The van der Waals surface area contributed by atoms with Gasteiger partial charge >= 0.3 is 0 Å². The van der Waals surface area contributed by atoms with Crippen LogP contribution in [0.25, 0.3) is 11.0 Å². The van der Waals surface area contributed by atoms with E-state index in [1.807, 2.05) is 6.92 Å². The minimum Gasteiger partial charge on any atom is -0.494 e. The molecule has 8 heteroatoms. The van der Waals surface area contributed by atoms with Gasteiger partial charge in [-0.05, 0) is 61.5 Å². The third-order valence-corrected chi connectivity index (χ3v) is 4.65. The summed E-state index contributed by atoms with van der Waals surface area (Å²) in [5.74, 6) is -0.495. The van der Waals surface area contributed by atoms with Crippen LogP contribution in [0.15, 0.2) is 77.2 Å². The second kappa shape index (κ2) is 9.86. The van der Waals surface area contributed by atoms with E-state index in [9.17, 15) is 14.0 Å². The zero-order chi connectivity index (χ0) is 23.2. The molecule has 0 spiro atoms. The van der Waals surface area contributed by atoms with Crippen LogP contribution in [0.4, 0.5) is 15.8 Å². The second-order valence-electron chi connectivity index (χ2n) is 7.01. The Morgan fingerprint density at radius 2 is 1.64 bits per heavy atom. The van der Waals surface area contributed by atoms with E-state index in [1.165, 1.54) is 18.2 Å². The molecule has 0 aliphatic carbocycles. The number of hydrogen-bond acceptors (Lipinski definition) is 5. The fraction of sp³-hybridized carbons (Fsp3) is 0.120. The van der Waals surface area contributed by atoms with Crippen LogP contribution < -0.4 is 20.1 Å². The second-order valence-corrected chi connectivity index (χ2v) is 7.01. The Morgan fingerprint density at radius 1 is 0.909 bits per heavy atom. The van der Waals surface area contributed by atoms with Gasteiger partial charge < -0.3 is 24.5 Å². The lowest BCUT2D eigenvalue weighted by molar-refractivity contribution is -0.118. The minimum atomic E-state index is -0.625. The number of furan rings is 1. The molecule has 0 saturated heterocycles. The molecule has 1 heterocycles. The summed E-state index contributed by atoms with van der Waals surface area (Å²) in [6.45, 7) is 2.16. The molecule has 0 aliphatic rings. The molecule has 4 rings (SSSR count). The Bertz CT molecular complexity index is 1280. The van der Waals surface area contributed by atoms with Gasteiger partial charge in [0.2, 0.25) is 5.76 Å². The average molecular weight is 448 g/mol. The van der Waals surface area contributed by atoms with Gasteiger partial charge in [-0.2, -0.15) is 0 Å². The first-order chi connectivity index (χ1) is 16.0. The summed E-state index contributed by atoms with van der Waals surface area (Å²) in [5, 5.41) is 5.83. The highest BCUT2D eigenvalue weighted by atomic mass is 19.1. The number of carbonyl (C=O) groups is 2. The van der Waals surface area contributed by atoms with E-state index < -0.39 is 17.6 Å². The molecule has 0 aliphatic heterocycles. The van der Waals surface area contributed by atoms with Crippen LogP contribution >= 0.6 is 0 Å². The topological polar surface area (TPSA) is 89.8 Å². The van der Waals surface area contributed by atoms with E-state index in [-0.39, 0.29) is 23.7 Å². The van der Waals surface area contributed by atoms with Crippen molar-refractivity contribution in [2.24, 2.45) is 0 Å². The normalized spacial score (nSPS) is 10.6. The molecule has 0 atom stereocenters. The first kappa shape index (κ1) is 21.9. The Hall–Kier alpha value is -4.33. The van der Waals surface area contributed by atoms with Crippen LogP contribution in [-0.2, 0) is 4.79 Å². The molecule has 2 N–H and O–H groups in total. The van der Waals surface area contributed by atoms with Crippen LogP contribution in [0, 0.1) is 5.82 Å². The zero-order valence-corrected chi connectivity index (χ0v) is 17.8. The van der Waals surface area contributed by atoms with Gasteiger partial charge in [0.05, 0.1) is 6.61 Å². The summed E-state index contributed by atoms with van der Waals surface area (Å²) in [7, 11) is 0. The smallest absolute Gasteiger partial charge is 0.293 e. The van der Waals surface area contributed by atoms with Gasteiger partial charge in [0.1, 0.15) is 28.6 Å². The molecule has 0 radical (unpaired) electrons. The summed E-state index contributed by atoms with van der Waals surface area (Å²) >= 11 is 0. The van der Waals surface area contributed by atoms with E-state index in [4.69, 9.17) is 13.9 Å². The number of rotatable bonds is 8. The quantitative estimate of drug-likeness (QED) is 0.385. The molecule has 0 fully saturated rings. The van der Waals surface area contributed by atoms with E-state index >= 15 is 0 Å². The molecule has 0 unspecified atom stereocenters. The summed E-state index contributed by atoms with van der Waals surface area (Å²) in [4.78, 5) is 25.4. The fourth-order valence-corrected chi connectivity index (χ4v) is 3.21. The number of anilines is 2. The lowest BCUT2D eigenvalue weighted by atomic mass is 10.2. The highest BCUT2D eigenvalue weighted by Crippen LogP contribution is 2.31. The summed E-state index contributed by atoms with van der Waals surface area (Å²) < 4.78 is 30.1. The lowest BCUT2D eigenvalue weighted by Crippen LogP contribution is -2.22. The maximum atomic E-state index is 13.5. The first-order valence-electron chi connectivity index (χ1n) is 10.3. The van der Waals surface area contributed by atoms with Gasteiger partial charge in [-0.25, -0.2) is 4.39 Å². The van der Waals surface area contributed by atoms with Crippen molar-refractivity contribution < 1.29 is 27.9 Å². The molecule has 1 aromatic heterocycles. The zero-order valence-electron chi connectivity index (χ0n) is 17.8. The van der Waals surface area contributed by atoms with E-state index in [0.29, 0.717) is 29.1 Å². The number of benzene rings is 3. The van der Waals surface area contributed by atoms with Crippen LogP contribution in [0.3, 0.4) is 0 Å². The monoisotopic (exact) mass is 448 g/mol. The molecular weight excluding hydrogens is 427 g/mol. The summed E-state index contributed by atoms with van der Waals surface area (Å²) in [6, 6.07) is 19.3. The third kappa shape index (κ3) is 5.30. The standard InChI is InChI=1S/C25H21FN2O5/c1-2-31-18-10-12-19(13-11-18)32-15-22(29)28-23-20-8-3-4-9-21(20)33-24(23)25(30)27-17-7-5-6-16(26)14-17/h3-14H,2,15H2,1H3,(H,27,30)(H,28,29). The fourth-order valence-electron chi connectivity index (χ4n) is 3.21. The molecular formula is C25H21FN2O5. The Kier molecular flexibility index (Phi) is 6.54. The van der Waals surface area contributed by atoms with Gasteiger partial charge in [-0.3, -0.25) is 9.59 Å². The van der Waals surface area contributed by atoms with Crippen LogP contribution in [0.1, 0.15) is 17.5 Å². The number of para-hydroxylation sites is 1. The number of amides is 2. The van der Waals surface area contributed by atoms with Crippen molar-refractivity contribution >= 4 is 34.2 Å². The molecule has 0 saturated carbocycles. The van der Waals surface area contributed by atoms with Crippen molar-refractivity contribution in [3.8, 4) is 11.5 Å². The van der Waals surface area contributed by atoms with Gasteiger partial charge in [0.15, 0.2) is 6.61 Å². The number of ether oxygens (including phenoxy) is 2. The van der Waals surface area contributed by atoms with E-state index in [0.717, 1.165) is 0 Å². The Labute approximate surface area is 189 Å². The number of nitrogens with one attached hydrogen (secondary N) is 2. The summed E-state index contributed by atoms with van der Waals surface area (Å²) in [5.41, 5.74) is 0.890. The van der Waals surface area contributed by atoms with E-state index in [2.05, 4.69) is 10.6 Å². The number of carbonyl (C=O) groups excluding carboxylic acids is 2. The first-order valence-corrected chi connectivity index (χ1v) is 10.3. The van der Waals surface area contributed by atoms with Gasteiger partial charge in [-0.1, -0.05) is 18.2 Å². The predicted octanol–water partition coefficient (Wildman–Crippen LogP) is 5.24. The Morgan fingerprint density at radius 3 is 2.36 bits per heavy atom. The maximum absolute atomic E-state index is 13.5. The molecule has 3 aromatic carbocycles. The number of hydrogen-bond donors (Lipinski definition) is 2. The van der Waals surface area contributed by atoms with Gasteiger partial charge in [0, 0.05) is 11.1 Å². The number of halogens is 1. The predicted molar refractivity (Wildman–Crippen MR) is 122 cm³/mol. The molecule has 168 valence electrons. The molecule has 4 aromatic rings. The SMILES string of the molecule is CCOc1ccc(OCC(=O)Nc2c(C(=O)Nc3cccc(F)c3)oc3ccccc23)cc1. The number of fused-ring (bicyclic) bond motifs is 1. The lowest BCUT2D eigenvalue weighted by Gasteiger charge is -2.09.